The summed E-state index contributed by atoms with van der Waals surface area (Å²) in [7, 11) is 0. The van der Waals surface area contributed by atoms with Crippen molar-refractivity contribution >= 4 is 17.7 Å². The maximum atomic E-state index is 12.1. The zero-order valence-electron chi connectivity index (χ0n) is 24.2. The average molecular weight is 626 g/mol. The van der Waals surface area contributed by atoms with Crippen molar-refractivity contribution in [3.63, 3.8) is 0 Å². The van der Waals surface area contributed by atoms with Crippen LogP contribution in [0.4, 0.5) is 0 Å². The van der Waals surface area contributed by atoms with E-state index in [0.29, 0.717) is 0 Å². The number of nitrogens with one attached hydrogen (secondary N) is 3. The summed E-state index contributed by atoms with van der Waals surface area (Å²) in [6, 6.07) is -3.77. The molecule has 3 fully saturated rings. The van der Waals surface area contributed by atoms with Crippen LogP contribution < -0.4 is 16.0 Å². The first kappa shape index (κ1) is 35.4. The van der Waals surface area contributed by atoms with Crippen LogP contribution >= 0.6 is 0 Å². The molecule has 0 saturated carbocycles. The average Bonchev–Trinajstić information content (AvgIpc) is 2.94. The lowest BCUT2D eigenvalue weighted by molar-refractivity contribution is -0.346. The van der Waals surface area contributed by atoms with Crippen molar-refractivity contribution in [2.75, 3.05) is 19.8 Å². The maximum absolute atomic E-state index is 12.1. The quantitative estimate of drug-likeness (QED) is 0.108. The van der Waals surface area contributed by atoms with Crippen molar-refractivity contribution < 1.29 is 73.8 Å². The van der Waals surface area contributed by atoms with Crippen LogP contribution in [-0.4, -0.2) is 165 Å². The molecule has 6 unspecified atom stereocenters. The van der Waals surface area contributed by atoms with Gasteiger partial charge in [-0.25, -0.2) is 0 Å². The molecule has 248 valence electrons. The number of hydrogen-bond acceptors (Lipinski definition) is 15. The van der Waals surface area contributed by atoms with E-state index >= 15 is 0 Å². The molecule has 18 nitrogen and oxygen atoms in total. The van der Waals surface area contributed by atoms with E-state index in [2.05, 4.69) is 16.0 Å². The van der Waals surface area contributed by atoms with Gasteiger partial charge in [-0.15, -0.1) is 0 Å². The van der Waals surface area contributed by atoms with Gasteiger partial charge in [-0.2, -0.15) is 0 Å². The molecular formula is C25H43N3O15. The van der Waals surface area contributed by atoms with Crippen LogP contribution in [0.2, 0.25) is 0 Å². The molecule has 3 aliphatic rings. The zero-order valence-corrected chi connectivity index (χ0v) is 24.2. The van der Waals surface area contributed by atoms with E-state index in [1.165, 1.54) is 6.92 Å². The molecule has 3 heterocycles. The standard InChI is InChI=1S/C25H43N3O15/c1-8-15(26-9(2)32)20(37)22(13(6-30)39-8)42-25-17(28-11(4)34)21(38)23(14(7-31)41-25)43-24-16(27-10(3)33)19(36)18(35)12(5-29)40-24/h8,12-25,29-31,35-38H,5-7H2,1-4H3,(H,26,32)(H,27,33)(H,28,34)/t8-,12?,13?,14?,15?,16?,17?,18+,19+,20+,21+,22+,23+,24-,25-/m0/s1. The van der Waals surface area contributed by atoms with Crippen molar-refractivity contribution in [1.82, 2.24) is 16.0 Å². The first-order valence-electron chi connectivity index (χ1n) is 13.9. The molecule has 43 heavy (non-hydrogen) atoms. The summed E-state index contributed by atoms with van der Waals surface area (Å²) < 4.78 is 29.0. The molecule has 0 radical (unpaired) electrons. The number of aliphatic hydroxyl groups is 7. The fraction of sp³-hybridized carbons (Fsp3) is 0.880. The van der Waals surface area contributed by atoms with E-state index in [0.717, 1.165) is 13.8 Å². The van der Waals surface area contributed by atoms with Crippen molar-refractivity contribution in [3.05, 3.63) is 0 Å². The van der Waals surface area contributed by atoms with E-state index in [1.54, 1.807) is 6.92 Å². The summed E-state index contributed by atoms with van der Waals surface area (Å²) in [4.78, 5) is 35.7. The normalized spacial score (nSPS) is 43.5. The molecule has 15 atom stereocenters. The van der Waals surface area contributed by atoms with Crippen molar-refractivity contribution in [3.8, 4) is 0 Å². The van der Waals surface area contributed by atoms with Gasteiger partial charge in [0.1, 0.15) is 67.0 Å². The second kappa shape index (κ2) is 15.3. The summed E-state index contributed by atoms with van der Waals surface area (Å²) in [5.41, 5.74) is 0. The third kappa shape index (κ3) is 8.16. The van der Waals surface area contributed by atoms with Gasteiger partial charge in [-0.05, 0) is 6.92 Å². The second-order valence-electron chi connectivity index (χ2n) is 10.9. The summed E-state index contributed by atoms with van der Waals surface area (Å²) in [5, 5.41) is 80.5. The lowest BCUT2D eigenvalue weighted by Crippen LogP contribution is -2.70. The molecular weight excluding hydrogens is 582 g/mol. The molecule has 3 amide bonds. The summed E-state index contributed by atoms with van der Waals surface area (Å²) in [6.07, 6.45) is -17.1. The van der Waals surface area contributed by atoms with Gasteiger partial charge >= 0.3 is 0 Å². The van der Waals surface area contributed by atoms with E-state index < -0.39 is 129 Å². The van der Waals surface area contributed by atoms with Gasteiger partial charge in [0.25, 0.3) is 0 Å². The van der Waals surface area contributed by atoms with Crippen LogP contribution in [0.1, 0.15) is 27.7 Å². The highest BCUT2D eigenvalue weighted by Crippen LogP contribution is 2.32. The number of amides is 3. The van der Waals surface area contributed by atoms with Gasteiger partial charge in [0.05, 0.1) is 32.0 Å². The van der Waals surface area contributed by atoms with Gasteiger partial charge in [0.15, 0.2) is 12.6 Å². The summed E-state index contributed by atoms with van der Waals surface area (Å²) in [5.74, 6) is -1.74. The zero-order chi connectivity index (χ0) is 32.2. The maximum Gasteiger partial charge on any atom is 0.217 e. The van der Waals surface area contributed by atoms with Gasteiger partial charge in [0, 0.05) is 20.8 Å². The third-order valence-corrected chi connectivity index (χ3v) is 7.57. The number of aliphatic hydroxyl groups excluding tert-OH is 7. The predicted molar refractivity (Wildman–Crippen MR) is 140 cm³/mol. The molecule has 3 rings (SSSR count). The molecule has 10 N–H and O–H groups in total. The minimum Gasteiger partial charge on any atom is -0.394 e. The molecule has 0 spiro atoms. The number of carbonyl (C=O) groups is 3. The minimum atomic E-state index is -1.72. The van der Waals surface area contributed by atoms with Crippen molar-refractivity contribution in [1.29, 1.82) is 0 Å². The first-order chi connectivity index (χ1) is 20.2. The fourth-order valence-electron chi connectivity index (χ4n) is 5.53. The lowest BCUT2D eigenvalue weighted by Gasteiger charge is -2.50. The van der Waals surface area contributed by atoms with E-state index in [1.807, 2.05) is 0 Å². The first-order valence-corrected chi connectivity index (χ1v) is 13.9. The van der Waals surface area contributed by atoms with Crippen LogP contribution in [0.5, 0.6) is 0 Å². The molecule has 0 aromatic rings. The van der Waals surface area contributed by atoms with Gasteiger partial charge in [0.2, 0.25) is 17.7 Å². The van der Waals surface area contributed by atoms with Crippen LogP contribution in [0.3, 0.4) is 0 Å². The predicted octanol–water partition coefficient (Wildman–Crippen LogP) is -6.07. The Morgan fingerprint density at radius 1 is 0.581 bits per heavy atom. The van der Waals surface area contributed by atoms with Crippen molar-refractivity contribution in [2.24, 2.45) is 0 Å². The Hall–Kier alpha value is -2.07. The monoisotopic (exact) mass is 625 g/mol. The Morgan fingerprint density at radius 2 is 0.953 bits per heavy atom. The lowest BCUT2D eigenvalue weighted by atomic mass is 9.92. The third-order valence-electron chi connectivity index (χ3n) is 7.57. The Kier molecular flexibility index (Phi) is 12.6. The largest absolute Gasteiger partial charge is 0.394 e. The molecule has 0 aliphatic carbocycles. The SMILES string of the molecule is CC(=O)NC1[C@H](O[C@@H]2C(CO)O[C@@H](O[C@@H]3C(CO)O[C@@H](C)C(NC(C)=O)[C@H]3O)C(NC(C)=O)[C@H]2O)OC(CO)[C@@H](O)[C@@H]1O. The number of rotatable bonds is 10. The van der Waals surface area contributed by atoms with Crippen LogP contribution in [0, 0.1) is 0 Å². The highest BCUT2D eigenvalue weighted by molar-refractivity contribution is 5.74. The Balaban J connectivity index is 1.89. The molecule has 0 aromatic carbocycles. The van der Waals surface area contributed by atoms with Crippen LogP contribution in [-0.2, 0) is 38.1 Å². The molecule has 0 aromatic heterocycles. The van der Waals surface area contributed by atoms with E-state index in [-0.39, 0.29) is 0 Å². The summed E-state index contributed by atoms with van der Waals surface area (Å²) in [6.45, 7) is 2.95. The van der Waals surface area contributed by atoms with Gasteiger partial charge < -0.3 is 75.4 Å². The van der Waals surface area contributed by atoms with Gasteiger partial charge in [-0.3, -0.25) is 14.4 Å². The Morgan fingerprint density at radius 3 is 1.40 bits per heavy atom. The Labute approximate surface area is 247 Å². The molecule has 3 saturated heterocycles. The molecule has 3 aliphatic heterocycles. The molecule has 18 heteroatoms. The van der Waals surface area contributed by atoms with Gasteiger partial charge in [-0.1, -0.05) is 0 Å². The highest BCUT2D eigenvalue weighted by atomic mass is 16.7. The van der Waals surface area contributed by atoms with E-state index in [9.17, 15) is 50.1 Å². The fourth-order valence-corrected chi connectivity index (χ4v) is 5.53. The van der Waals surface area contributed by atoms with Crippen molar-refractivity contribution in [2.45, 2.75) is 119 Å². The molecule has 0 bridgehead atoms. The van der Waals surface area contributed by atoms with Crippen LogP contribution in [0.15, 0.2) is 0 Å². The number of ether oxygens (including phenoxy) is 5. The van der Waals surface area contributed by atoms with E-state index in [4.69, 9.17) is 23.7 Å². The number of carbonyl (C=O) groups excluding carboxylic acids is 3. The smallest absolute Gasteiger partial charge is 0.217 e. The number of hydrogen-bond donors (Lipinski definition) is 10. The topological polar surface area (TPSA) is 275 Å². The second-order valence-corrected chi connectivity index (χ2v) is 10.9. The Bertz CT molecular complexity index is 961. The minimum absolute atomic E-state index is 0.468. The highest BCUT2D eigenvalue weighted by Gasteiger charge is 2.54. The van der Waals surface area contributed by atoms with Crippen LogP contribution in [0.25, 0.3) is 0 Å². The summed E-state index contributed by atoms with van der Waals surface area (Å²) >= 11 is 0.